The van der Waals surface area contributed by atoms with Crippen LogP contribution in [0.25, 0.3) is 22.5 Å². The Balaban J connectivity index is 1.84. The molecular weight excluding hydrogens is 342 g/mol. The van der Waals surface area contributed by atoms with E-state index in [9.17, 15) is 4.79 Å². The van der Waals surface area contributed by atoms with E-state index in [2.05, 4.69) is 29.4 Å². The first-order valence-corrected chi connectivity index (χ1v) is 9.79. The van der Waals surface area contributed by atoms with Crippen LogP contribution in [0, 0.1) is 0 Å². The molecule has 0 fully saturated rings. The number of amides is 1. The van der Waals surface area contributed by atoms with Gasteiger partial charge < -0.3 is 10.3 Å². The van der Waals surface area contributed by atoms with E-state index in [1.807, 2.05) is 55.5 Å². The summed E-state index contributed by atoms with van der Waals surface area (Å²) in [4.78, 5) is 20.2. The molecule has 4 nitrogen and oxygen atoms in total. The molecule has 0 radical (unpaired) electrons. The molecule has 0 bridgehead atoms. The van der Waals surface area contributed by atoms with Crippen molar-refractivity contribution in [3.05, 3.63) is 60.7 Å². The molecular formula is C21H23N3OS. The summed E-state index contributed by atoms with van der Waals surface area (Å²) in [7, 11) is 0. The lowest BCUT2D eigenvalue weighted by molar-refractivity contribution is -0.119. The van der Waals surface area contributed by atoms with Crippen molar-refractivity contribution in [2.24, 2.45) is 0 Å². The van der Waals surface area contributed by atoms with Crippen molar-refractivity contribution >= 4 is 17.7 Å². The van der Waals surface area contributed by atoms with E-state index in [1.165, 1.54) is 11.8 Å². The predicted octanol–water partition coefficient (Wildman–Crippen LogP) is 4.75. The minimum atomic E-state index is 0.0308. The summed E-state index contributed by atoms with van der Waals surface area (Å²) >= 11 is 1.43. The second-order valence-corrected chi connectivity index (χ2v) is 7.13. The summed E-state index contributed by atoms with van der Waals surface area (Å²) in [5, 5.41) is 3.74. The first-order chi connectivity index (χ1) is 12.7. The number of hydrogen-bond donors (Lipinski definition) is 2. The van der Waals surface area contributed by atoms with Crippen molar-refractivity contribution in [2.45, 2.75) is 31.5 Å². The maximum absolute atomic E-state index is 12.0. The van der Waals surface area contributed by atoms with Gasteiger partial charge in [0.1, 0.15) is 0 Å². The van der Waals surface area contributed by atoms with Gasteiger partial charge in [-0.15, -0.1) is 0 Å². The Kier molecular flexibility index (Phi) is 6.12. The number of carbonyl (C=O) groups is 1. The average molecular weight is 366 g/mol. The van der Waals surface area contributed by atoms with Gasteiger partial charge in [-0.25, -0.2) is 4.98 Å². The third kappa shape index (κ3) is 4.55. The number of hydrogen-bond acceptors (Lipinski definition) is 3. The van der Waals surface area contributed by atoms with Gasteiger partial charge in [0.05, 0.1) is 17.1 Å². The molecule has 3 rings (SSSR count). The summed E-state index contributed by atoms with van der Waals surface area (Å²) < 4.78 is 0. The summed E-state index contributed by atoms with van der Waals surface area (Å²) in [6.07, 6.45) is 0.924. The largest absolute Gasteiger partial charge is 0.353 e. The number of aromatic nitrogens is 2. The van der Waals surface area contributed by atoms with Crippen LogP contribution < -0.4 is 5.32 Å². The maximum Gasteiger partial charge on any atom is 0.230 e. The lowest BCUT2D eigenvalue weighted by Gasteiger charge is -2.10. The van der Waals surface area contributed by atoms with Crippen LogP contribution in [0.1, 0.15) is 20.3 Å². The lowest BCUT2D eigenvalue weighted by atomic mass is 10.1. The zero-order valence-electron chi connectivity index (χ0n) is 15.0. The number of rotatable bonds is 7. The minimum Gasteiger partial charge on any atom is -0.353 e. The number of carbonyl (C=O) groups excluding carboxylic acids is 1. The first-order valence-electron chi connectivity index (χ1n) is 8.80. The molecule has 5 heteroatoms. The predicted molar refractivity (Wildman–Crippen MR) is 108 cm³/mol. The van der Waals surface area contributed by atoms with Crippen LogP contribution in [0.4, 0.5) is 0 Å². The highest BCUT2D eigenvalue weighted by Gasteiger charge is 2.15. The summed E-state index contributed by atoms with van der Waals surface area (Å²) in [6.45, 7) is 4.07. The Morgan fingerprint density at radius 2 is 1.69 bits per heavy atom. The average Bonchev–Trinajstić information content (AvgIpc) is 3.12. The highest BCUT2D eigenvalue weighted by Crippen LogP contribution is 2.32. The Labute approximate surface area is 158 Å². The van der Waals surface area contributed by atoms with Crippen LogP contribution in [0.3, 0.4) is 0 Å². The standard InChI is InChI=1S/C21H23N3OS/c1-3-15(2)22-18(25)14-26-21-23-19(16-10-6-4-7-11-16)20(24-21)17-12-8-5-9-13-17/h4-13,15H,3,14H2,1-2H3,(H,22,25)(H,23,24). The molecule has 2 aromatic carbocycles. The van der Waals surface area contributed by atoms with Crippen LogP contribution in [-0.4, -0.2) is 27.7 Å². The Bertz CT molecular complexity index is 789. The molecule has 0 saturated heterocycles. The van der Waals surface area contributed by atoms with Crippen LogP contribution in [0.15, 0.2) is 65.8 Å². The normalized spacial score (nSPS) is 11.9. The van der Waals surface area contributed by atoms with Crippen LogP contribution in [0.2, 0.25) is 0 Å². The molecule has 1 atom stereocenters. The van der Waals surface area contributed by atoms with Gasteiger partial charge in [0, 0.05) is 17.2 Å². The third-order valence-electron chi connectivity index (χ3n) is 4.15. The van der Waals surface area contributed by atoms with E-state index < -0.39 is 0 Å². The fourth-order valence-electron chi connectivity index (χ4n) is 2.59. The van der Waals surface area contributed by atoms with Crippen molar-refractivity contribution < 1.29 is 4.79 Å². The molecule has 1 aromatic heterocycles. The highest BCUT2D eigenvalue weighted by molar-refractivity contribution is 7.99. The molecule has 1 unspecified atom stereocenters. The van der Waals surface area contributed by atoms with Crippen molar-refractivity contribution in [2.75, 3.05) is 5.75 Å². The van der Waals surface area contributed by atoms with Crippen molar-refractivity contribution in [3.63, 3.8) is 0 Å². The number of H-pyrrole nitrogens is 1. The summed E-state index contributed by atoms with van der Waals surface area (Å²) in [6, 6.07) is 20.4. The molecule has 1 amide bonds. The molecule has 26 heavy (non-hydrogen) atoms. The van der Waals surface area contributed by atoms with E-state index in [-0.39, 0.29) is 11.9 Å². The van der Waals surface area contributed by atoms with Gasteiger partial charge >= 0.3 is 0 Å². The zero-order chi connectivity index (χ0) is 18.4. The molecule has 1 heterocycles. The van der Waals surface area contributed by atoms with E-state index >= 15 is 0 Å². The van der Waals surface area contributed by atoms with Gasteiger partial charge in [-0.1, -0.05) is 79.3 Å². The number of imidazole rings is 1. The van der Waals surface area contributed by atoms with Crippen LogP contribution in [0.5, 0.6) is 0 Å². The molecule has 0 aliphatic heterocycles. The SMILES string of the molecule is CCC(C)NC(=O)CSc1nc(-c2ccccc2)c(-c2ccccc2)[nH]1. The van der Waals surface area contributed by atoms with Gasteiger partial charge in [-0.05, 0) is 13.3 Å². The first kappa shape index (κ1) is 18.3. The number of nitrogens with one attached hydrogen (secondary N) is 2. The van der Waals surface area contributed by atoms with Gasteiger partial charge in [-0.3, -0.25) is 4.79 Å². The molecule has 0 aliphatic rings. The third-order valence-corrected chi connectivity index (χ3v) is 5.02. The summed E-state index contributed by atoms with van der Waals surface area (Å²) in [5.41, 5.74) is 4.01. The molecule has 134 valence electrons. The number of thioether (sulfide) groups is 1. The van der Waals surface area contributed by atoms with Crippen molar-refractivity contribution in [3.8, 4) is 22.5 Å². The Hall–Kier alpha value is -2.53. The van der Waals surface area contributed by atoms with Crippen molar-refractivity contribution in [1.82, 2.24) is 15.3 Å². The number of benzene rings is 2. The molecule has 3 aromatic rings. The van der Waals surface area contributed by atoms with Gasteiger partial charge in [0.15, 0.2) is 5.16 Å². The molecule has 0 spiro atoms. The van der Waals surface area contributed by atoms with Gasteiger partial charge in [0.25, 0.3) is 0 Å². The Morgan fingerprint density at radius 3 is 2.31 bits per heavy atom. The maximum atomic E-state index is 12.0. The lowest BCUT2D eigenvalue weighted by Crippen LogP contribution is -2.33. The fraction of sp³-hybridized carbons (Fsp3) is 0.238. The van der Waals surface area contributed by atoms with E-state index in [1.54, 1.807) is 0 Å². The summed E-state index contributed by atoms with van der Waals surface area (Å²) in [5.74, 6) is 0.378. The van der Waals surface area contributed by atoms with Gasteiger partial charge in [-0.2, -0.15) is 0 Å². The van der Waals surface area contributed by atoms with E-state index in [0.717, 1.165) is 34.1 Å². The van der Waals surface area contributed by atoms with Crippen LogP contribution >= 0.6 is 11.8 Å². The fourth-order valence-corrected chi connectivity index (χ4v) is 3.27. The topological polar surface area (TPSA) is 57.8 Å². The van der Waals surface area contributed by atoms with E-state index in [0.29, 0.717) is 5.75 Å². The number of nitrogens with zero attached hydrogens (tertiary/aromatic N) is 1. The van der Waals surface area contributed by atoms with Gasteiger partial charge in [0.2, 0.25) is 5.91 Å². The smallest absolute Gasteiger partial charge is 0.230 e. The Morgan fingerprint density at radius 1 is 1.08 bits per heavy atom. The minimum absolute atomic E-state index is 0.0308. The zero-order valence-corrected chi connectivity index (χ0v) is 15.8. The molecule has 0 saturated carbocycles. The van der Waals surface area contributed by atoms with Crippen molar-refractivity contribution in [1.29, 1.82) is 0 Å². The molecule has 2 N–H and O–H groups in total. The van der Waals surface area contributed by atoms with Crippen LogP contribution in [-0.2, 0) is 4.79 Å². The number of aromatic amines is 1. The monoisotopic (exact) mass is 365 g/mol. The van der Waals surface area contributed by atoms with E-state index in [4.69, 9.17) is 4.98 Å². The second-order valence-electron chi connectivity index (χ2n) is 6.16. The quantitative estimate of drug-likeness (QED) is 0.594. The molecule has 0 aliphatic carbocycles. The highest BCUT2D eigenvalue weighted by atomic mass is 32.2. The second kappa shape index (κ2) is 8.72.